The molecule has 1 heterocycles. The molecule has 1 aliphatic rings. The van der Waals surface area contributed by atoms with Crippen LogP contribution < -0.4 is 10.6 Å². The maximum absolute atomic E-state index is 11.8. The van der Waals surface area contributed by atoms with Gasteiger partial charge in [0.2, 0.25) is 5.91 Å². The highest BCUT2D eigenvalue weighted by Gasteiger charge is 2.48. The Balaban J connectivity index is 2.62. The van der Waals surface area contributed by atoms with Crippen molar-refractivity contribution in [3.63, 3.8) is 0 Å². The number of urea groups is 1. The first-order valence-corrected chi connectivity index (χ1v) is 6.30. The quantitative estimate of drug-likeness (QED) is 0.663. The Morgan fingerprint density at radius 3 is 2.42 bits per heavy atom. The number of carbonyl (C=O) groups is 3. The molecule has 0 aliphatic carbocycles. The van der Waals surface area contributed by atoms with Crippen molar-refractivity contribution in [2.24, 2.45) is 11.3 Å². The lowest BCUT2D eigenvalue weighted by molar-refractivity contribution is -0.150. The molecular weight excluding hydrogens is 250 g/mol. The van der Waals surface area contributed by atoms with E-state index in [-0.39, 0.29) is 24.9 Å². The summed E-state index contributed by atoms with van der Waals surface area (Å²) >= 11 is 0. The number of amides is 3. The van der Waals surface area contributed by atoms with Crippen molar-refractivity contribution in [3.8, 4) is 0 Å². The molecule has 1 atom stereocenters. The summed E-state index contributed by atoms with van der Waals surface area (Å²) in [5.74, 6) is -1.22. The Hall–Kier alpha value is -1.79. The van der Waals surface area contributed by atoms with Gasteiger partial charge in [0.05, 0.1) is 12.0 Å². The molecule has 0 spiro atoms. The first kappa shape index (κ1) is 15.3. The molecule has 1 aliphatic heterocycles. The van der Waals surface area contributed by atoms with Gasteiger partial charge < -0.3 is 20.6 Å². The van der Waals surface area contributed by atoms with Gasteiger partial charge >= 0.3 is 12.0 Å². The van der Waals surface area contributed by atoms with E-state index in [2.05, 4.69) is 10.6 Å². The fraction of sp³-hybridized carbons (Fsp3) is 0.750. The summed E-state index contributed by atoms with van der Waals surface area (Å²) in [6, 6.07) is -0.396. The van der Waals surface area contributed by atoms with Gasteiger partial charge in [0.25, 0.3) is 0 Å². The number of carbonyl (C=O) groups excluding carboxylic acids is 2. The van der Waals surface area contributed by atoms with Crippen molar-refractivity contribution in [2.75, 3.05) is 26.7 Å². The number of carboxylic acid groups (broad SMARTS) is 1. The molecule has 0 radical (unpaired) electrons. The Bertz CT molecular complexity index is 383. The average molecular weight is 271 g/mol. The van der Waals surface area contributed by atoms with Crippen molar-refractivity contribution in [1.29, 1.82) is 0 Å². The fourth-order valence-electron chi connectivity index (χ4n) is 2.26. The molecule has 7 heteroatoms. The highest BCUT2D eigenvalue weighted by atomic mass is 16.4. The molecule has 0 aromatic rings. The summed E-state index contributed by atoms with van der Waals surface area (Å²) in [6.07, 6.45) is 0.438. The molecule has 0 aromatic carbocycles. The van der Waals surface area contributed by atoms with E-state index in [1.165, 1.54) is 11.9 Å². The van der Waals surface area contributed by atoms with Crippen molar-refractivity contribution in [1.82, 2.24) is 15.5 Å². The Morgan fingerprint density at radius 1 is 1.37 bits per heavy atom. The summed E-state index contributed by atoms with van der Waals surface area (Å²) in [7, 11) is 1.48. The maximum Gasteiger partial charge on any atom is 0.317 e. The molecule has 0 saturated carbocycles. The van der Waals surface area contributed by atoms with Crippen LogP contribution in [0.2, 0.25) is 0 Å². The third kappa shape index (κ3) is 3.15. The molecule has 1 rings (SSSR count). The van der Waals surface area contributed by atoms with Gasteiger partial charge in [-0.1, -0.05) is 13.8 Å². The lowest BCUT2D eigenvalue weighted by Gasteiger charge is -2.28. The molecule has 3 N–H and O–H groups in total. The van der Waals surface area contributed by atoms with Crippen molar-refractivity contribution >= 4 is 17.9 Å². The van der Waals surface area contributed by atoms with Crippen LogP contribution in [-0.4, -0.2) is 54.6 Å². The molecule has 1 fully saturated rings. The van der Waals surface area contributed by atoms with Gasteiger partial charge in [0.15, 0.2) is 0 Å². The van der Waals surface area contributed by atoms with E-state index in [4.69, 9.17) is 0 Å². The maximum atomic E-state index is 11.8. The Morgan fingerprint density at radius 2 is 2.00 bits per heavy atom. The summed E-state index contributed by atoms with van der Waals surface area (Å²) < 4.78 is 0. The molecule has 3 amide bonds. The number of rotatable bonds is 4. The minimum absolute atomic E-state index is 0.0539. The zero-order valence-corrected chi connectivity index (χ0v) is 11.5. The number of hydrogen-bond donors (Lipinski definition) is 3. The second-order valence-electron chi connectivity index (χ2n) is 5.12. The van der Waals surface area contributed by atoms with Crippen LogP contribution in [0.15, 0.2) is 0 Å². The summed E-state index contributed by atoms with van der Waals surface area (Å²) in [5.41, 5.74) is -0.885. The number of aliphatic carboxylic acids is 1. The van der Waals surface area contributed by atoms with Gasteiger partial charge in [0.1, 0.15) is 0 Å². The monoisotopic (exact) mass is 271 g/mol. The van der Waals surface area contributed by atoms with Gasteiger partial charge in [0, 0.05) is 20.1 Å². The smallest absolute Gasteiger partial charge is 0.317 e. The van der Waals surface area contributed by atoms with E-state index in [0.717, 1.165) is 0 Å². The van der Waals surface area contributed by atoms with E-state index in [0.29, 0.717) is 13.0 Å². The molecule has 0 bridgehead atoms. The number of nitrogens with zero attached hydrogens (tertiary/aromatic N) is 1. The topological polar surface area (TPSA) is 98.7 Å². The van der Waals surface area contributed by atoms with Crippen LogP contribution in [0.25, 0.3) is 0 Å². The van der Waals surface area contributed by atoms with Crippen LogP contribution in [0.5, 0.6) is 0 Å². The fourth-order valence-corrected chi connectivity index (χ4v) is 2.26. The van der Waals surface area contributed by atoms with Crippen LogP contribution in [0, 0.1) is 11.3 Å². The third-order valence-corrected chi connectivity index (χ3v) is 3.80. The van der Waals surface area contributed by atoms with E-state index in [9.17, 15) is 19.5 Å². The molecule has 0 aromatic heterocycles. The number of hydrogen-bond acceptors (Lipinski definition) is 3. The van der Waals surface area contributed by atoms with Crippen LogP contribution in [0.4, 0.5) is 4.79 Å². The lowest BCUT2D eigenvalue weighted by Crippen LogP contribution is -2.45. The zero-order valence-electron chi connectivity index (χ0n) is 11.5. The van der Waals surface area contributed by atoms with Gasteiger partial charge in [-0.05, 0) is 12.3 Å². The standard InChI is InChI=1S/C12H21N3O4/c1-8(2)12(10(17)18)4-5-15(7-12)11(19)14-6-9(16)13-3/h8H,4-7H2,1-3H3,(H,13,16)(H,14,19)(H,17,18). The number of likely N-dealkylation sites (N-methyl/N-ethyl adjacent to an activating group) is 1. The zero-order chi connectivity index (χ0) is 14.6. The molecular formula is C12H21N3O4. The molecule has 108 valence electrons. The van der Waals surface area contributed by atoms with Crippen molar-refractivity contribution < 1.29 is 19.5 Å². The van der Waals surface area contributed by atoms with Gasteiger partial charge in [-0.25, -0.2) is 4.79 Å². The minimum Gasteiger partial charge on any atom is -0.481 e. The molecule has 19 heavy (non-hydrogen) atoms. The van der Waals surface area contributed by atoms with Crippen LogP contribution in [0.1, 0.15) is 20.3 Å². The SMILES string of the molecule is CNC(=O)CNC(=O)N1CCC(C(=O)O)(C(C)C)C1. The summed E-state index contributed by atoms with van der Waals surface area (Å²) in [4.78, 5) is 35.8. The van der Waals surface area contributed by atoms with E-state index in [1.54, 1.807) is 0 Å². The van der Waals surface area contributed by atoms with E-state index >= 15 is 0 Å². The van der Waals surface area contributed by atoms with Crippen LogP contribution in [-0.2, 0) is 9.59 Å². The normalized spacial score (nSPS) is 22.4. The predicted octanol–water partition coefficient (Wildman–Crippen LogP) is -0.125. The Labute approximate surface area is 112 Å². The average Bonchev–Trinajstić information content (AvgIpc) is 2.81. The third-order valence-electron chi connectivity index (χ3n) is 3.80. The number of nitrogens with one attached hydrogen (secondary N) is 2. The highest BCUT2D eigenvalue weighted by molar-refractivity contribution is 5.84. The molecule has 7 nitrogen and oxygen atoms in total. The number of likely N-dealkylation sites (tertiary alicyclic amines) is 1. The van der Waals surface area contributed by atoms with E-state index < -0.39 is 17.4 Å². The second-order valence-corrected chi connectivity index (χ2v) is 5.12. The largest absolute Gasteiger partial charge is 0.481 e. The predicted molar refractivity (Wildman–Crippen MR) is 68.6 cm³/mol. The first-order valence-electron chi connectivity index (χ1n) is 6.30. The molecule has 1 saturated heterocycles. The van der Waals surface area contributed by atoms with E-state index in [1.807, 2.05) is 13.8 Å². The van der Waals surface area contributed by atoms with Gasteiger partial charge in [-0.3, -0.25) is 9.59 Å². The van der Waals surface area contributed by atoms with Gasteiger partial charge in [-0.15, -0.1) is 0 Å². The van der Waals surface area contributed by atoms with Crippen LogP contribution >= 0.6 is 0 Å². The van der Waals surface area contributed by atoms with Crippen molar-refractivity contribution in [3.05, 3.63) is 0 Å². The first-order chi connectivity index (χ1) is 8.83. The second kappa shape index (κ2) is 5.90. The van der Waals surface area contributed by atoms with Crippen molar-refractivity contribution in [2.45, 2.75) is 20.3 Å². The Kier molecular flexibility index (Phi) is 4.74. The summed E-state index contributed by atoms with van der Waals surface area (Å²) in [5, 5.41) is 14.2. The number of carboxylic acids is 1. The molecule has 1 unspecified atom stereocenters. The summed E-state index contributed by atoms with van der Waals surface area (Å²) in [6.45, 7) is 4.16. The van der Waals surface area contributed by atoms with Gasteiger partial charge in [-0.2, -0.15) is 0 Å². The lowest BCUT2D eigenvalue weighted by atomic mass is 9.76. The van der Waals surface area contributed by atoms with Crippen LogP contribution in [0.3, 0.4) is 0 Å². The highest BCUT2D eigenvalue weighted by Crippen LogP contribution is 2.38. The minimum atomic E-state index is -0.885.